The predicted octanol–water partition coefficient (Wildman–Crippen LogP) is 7.86. The number of aryl methyl sites for hydroxylation is 2. The van der Waals surface area contributed by atoms with Gasteiger partial charge in [-0.05, 0) is 87.8 Å². The topological polar surface area (TPSA) is 224 Å². The minimum atomic E-state index is -3.08. The Balaban J connectivity index is 0.000000160. The van der Waals surface area contributed by atoms with E-state index in [-0.39, 0.29) is 52.0 Å². The fraction of sp³-hybridized carbons (Fsp3) is 0.435. The van der Waals surface area contributed by atoms with Gasteiger partial charge in [-0.25, -0.2) is 36.4 Å². The summed E-state index contributed by atoms with van der Waals surface area (Å²) < 4.78 is 59.4. The molecule has 382 valence electrons. The van der Waals surface area contributed by atoms with E-state index in [1.807, 2.05) is 21.3 Å². The highest BCUT2D eigenvalue weighted by molar-refractivity contribution is 7.90. The van der Waals surface area contributed by atoms with E-state index in [1.54, 1.807) is 62.8 Å². The molecule has 2 saturated carbocycles. The number of fused-ring (bicyclic) bond motifs is 4. The molecule has 6 aromatic heterocycles. The number of hydrogen-bond acceptors (Lipinski definition) is 12. The molecule has 1 saturated heterocycles. The van der Waals surface area contributed by atoms with Crippen molar-refractivity contribution in [2.24, 2.45) is 0 Å². The van der Waals surface area contributed by atoms with Gasteiger partial charge in [0.25, 0.3) is 0 Å². The van der Waals surface area contributed by atoms with Gasteiger partial charge in [-0.1, -0.05) is 46.4 Å². The van der Waals surface area contributed by atoms with Crippen LogP contribution in [0, 0.1) is 0 Å². The second kappa shape index (κ2) is 23.2. The average molecular weight is 1110 g/mol. The van der Waals surface area contributed by atoms with E-state index in [2.05, 4.69) is 19.9 Å². The molecule has 18 nitrogen and oxygen atoms in total. The molecule has 2 aliphatic carbocycles. The molecule has 8 aromatic rings. The molecular formula is C46H55Cl4N10O8PS2. The third-order valence-corrected chi connectivity index (χ3v) is 14.9. The predicted molar refractivity (Wildman–Crippen MR) is 285 cm³/mol. The summed E-state index contributed by atoms with van der Waals surface area (Å²) in [6.07, 6.45) is 16.3. The van der Waals surface area contributed by atoms with Gasteiger partial charge in [0.05, 0.1) is 84.6 Å². The van der Waals surface area contributed by atoms with Crippen molar-refractivity contribution in [1.29, 1.82) is 0 Å². The Morgan fingerprint density at radius 1 is 0.676 bits per heavy atom. The van der Waals surface area contributed by atoms with Gasteiger partial charge in [-0.15, -0.1) is 0 Å². The lowest BCUT2D eigenvalue weighted by molar-refractivity contribution is 0.198. The van der Waals surface area contributed by atoms with Crippen LogP contribution in [-0.2, 0) is 50.7 Å². The largest absolute Gasteiger partial charge is 0.388 e. The zero-order valence-corrected chi connectivity index (χ0v) is 45.2. The summed E-state index contributed by atoms with van der Waals surface area (Å²) in [7, 11) is -6.06. The Labute approximate surface area is 432 Å². The molecule has 1 aliphatic heterocycles. The van der Waals surface area contributed by atoms with Crippen molar-refractivity contribution in [2.45, 2.75) is 89.7 Å². The molecule has 1 atom stereocenters. The van der Waals surface area contributed by atoms with Crippen LogP contribution in [0.3, 0.4) is 0 Å². The SMILES string of the molecule is C1CCOC1.CS(=O)(=O)CCCn1c(CO)nc2cc(Cl)ccc21.CS(=O)(=O)CCCn1c(Cn2c(=O)n(C3CC3)c3c(Cl)cncc32)nc2cc(Cl)ccc21.O=c1[nH]c2cncc(Cl)c2n1C1CC1.P. The van der Waals surface area contributed by atoms with Crippen LogP contribution in [0.1, 0.15) is 75.1 Å². The number of aliphatic hydroxyl groups is 1. The summed E-state index contributed by atoms with van der Waals surface area (Å²) in [5, 5.41) is 11.4. The first-order valence-electron chi connectivity index (χ1n) is 22.7. The first-order valence-corrected chi connectivity index (χ1v) is 28.4. The lowest BCUT2D eigenvalue weighted by Gasteiger charge is -2.10. The van der Waals surface area contributed by atoms with Gasteiger partial charge < -0.3 is 24.0 Å². The van der Waals surface area contributed by atoms with Crippen molar-refractivity contribution >= 4 is 120 Å². The van der Waals surface area contributed by atoms with Gasteiger partial charge in [-0.3, -0.25) is 23.7 Å². The lowest BCUT2D eigenvalue weighted by atomic mass is 10.3. The zero-order chi connectivity index (χ0) is 49.9. The number of aliphatic hydroxyl groups excluding tert-OH is 1. The van der Waals surface area contributed by atoms with Crippen LogP contribution in [0.25, 0.3) is 44.1 Å². The Bertz CT molecular complexity index is 3540. The number of hydrogen-bond donors (Lipinski definition) is 2. The van der Waals surface area contributed by atoms with Crippen molar-refractivity contribution in [2.75, 3.05) is 37.2 Å². The number of H-pyrrole nitrogens is 1. The van der Waals surface area contributed by atoms with Crippen LogP contribution in [-0.4, -0.2) is 107 Å². The summed E-state index contributed by atoms with van der Waals surface area (Å²) in [6.45, 7) is 2.98. The van der Waals surface area contributed by atoms with E-state index in [4.69, 9.17) is 56.1 Å². The van der Waals surface area contributed by atoms with Crippen LogP contribution in [0.5, 0.6) is 0 Å². The molecule has 3 aliphatic rings. The standard InChI is InChI=1S/C21H21Cl2N5O3S.C12H15ClN2O3S.C9H8ClN3O.C4H8O.H3P/c1-32(30,31)8-2-7-26-17-6-3-13(22)9-16(17)25-19(26)12-27-18-11-24-10-15(23)20(18)28(21(27)29)14-4-5-14;1-19(17,18)6-2-5-15-11-4-3-9(13)7-10(11)14-12(15)8-16;10-6-3-11-4-7-8(6)13(5-1-2-5)9(14)12-7;1-2-4-5-3-1;/h3,6,9-11,14H,2,4-5,7-8,12H2,1H3;3-4,7,16H,2,5-6,8H2,1H3;3-5H,1-2H2,(H,12,14);1-4H2;1H3. The second-order valence-corrected chi connectivity index (χ2v) is 23.8. The van der Waals surface area contributed by atoms with Gasteiger partial charge in [0.2, 0.25) is 0 Å². The maximum Gasteiger partial charge on any atom is 0.329 e. The first-order chi connectivity index (χ1) is 33.4. The van der Waals surface area contributed by atoms with Crippen LogP contribution in [0.4, 0.5) is 0 Å². The highest BCUT2D eigenvalue weighted by Crippen LogP contribution is 2.38. The third kappa shape index (κ3) is 13.4. The van der Waals surface area contributed by atoms with Crippen LogP contribution in [0.15, 0.2) is 70.8 Å². The van der Waals surface area contributed by atoms with Crippen molar-refractivity contribution in [3.8, 4) is 0 Å². The number of pyridine rings is 2. The lowest BCUT2D eigenvalue weighted by Crippen LogP contribution is -2.25. The molecule has 0 radical (unpaired) electrons. The quantitative estimate of drug-likeness (QED) is 0.105. The van der Waals surface area contributed by atoms with Gasteiger partial charge in [-0.2, -0.15) is 9.90 Å². The first kappa shape index (κ1) is 54.4. The van der Waals surface area contributed by atoms with E-state index < -0.39 is 19.7 Å². The Hall–Kier alpha value is -4.37. The van der Waals surface area contributed by atoms with Crippen LogP contribution in [0.2, 0.25) is 20.1 Å². The Morgan fingerprint density at radius 3 is 1.69 bits per heavy atom. The fourth-order valence-electron chi connectivity index (χ4n) is 8.40. The maximum atomic E-state index is 13.4. The highest BCUT2D eigenvalue weighted by Gasteiger charge is 2.31. The van der Waals surface area contributed by atoms with Crippen molar-refractivity contribution in [1.82, 2.24) is 47.8 Å². The normalized spacial score (nSPS) is 14.7. The van der Waals surface area contributed by atoms with Gasteiger partial charge in [0.15, 0.2) is 0 Å². The highest BCUT2D eigenvalue weighted by atomic mass is 35.5. The molecule has 1 unspecified atom stereocenters. The van der Waals surface area contributed by atoms with E-state index in [0.29, 0.717) is 85.8 Å². The summed E-state index contributed by atoms with van der Waals surface area (Å²) in [5.41, 5.74) is 5.71. The molecule has 2 N–H and O–H groups in total. The number of nitrogens with zero attached hydrogens (tertiary/aromatic N) is 9. The molecule has 25 heteroatoms. The van der Waals surface area contributed by atoms with Gasteiger partial charge in [0.1, 0.15) is 37.9 Å². The molecule has 2 aromatic carbocycles. The van der Waals surface area contributed by atoms with Crippen molar-refractivity contribution in [3.63, 3.8) is 0 Å². The fourth-order valence-corrected chi connectivity index (χ4v) is 10.5. The second-order valence-electron chi connectivity index (χ2n) is 17.6. The van der Waals surface area contributed by atoms with Crippen molar-refractivity contribution < 1.29 is 26.7 Å². The summed E-state index contributed by atoms with van der Waals surface area (Å²) in [4.78, 5) is 44.8. The maximum absolute atomic E-state index is 13.4. The minimum Gasteiger partial charge on any atom is -0.388 e. The Morgan fingerprint density at radius 2 is 1.18 bits per heavy atom. The summed E-state index contributed by atoms with van der Waals surface area (Å²) in [5.74, 6) is 1.35. The molecule has 0 spiro atoms. The zero-order valence-electron chi connectivity index (χ0n) is 39.1. The number of imidazole rings is 4. The number of ether oxygens (including phenoxy) is 1. The Kier molecular flexibility index (Phi) is 17.8. The molecule has 7 heterocycles. The van der Waals surface area contributed by atoms with Crippen LogP contribution >= 0.6 is 56.3 Å². The third-order valence-electron chi connectivity index (χ3n) is 11.9. The summed E-state index contributed by atoms with van der Waals surface area (Å²) in [6, 6.07) is 11.2. The van der Waals surface area contributed by atoms with E-state index in [0.717, 1.165) is 61.0 Å². The summed E-state index contributed by atoms with van der Waals surface area (Å²) >= 11 is 24.5. The van der Waals surface area contributed by atoms with Gasteiger partial charge in [0, 0.05) is 73.3 Å². The molecule has 0 bridgehead atoms. The molecule has 71 heavy (non-hydrogen) atoms. The molecular weight excluding hydrogens is 1060 g/mol. The smallest absolute Gasteiger partial charge is 0.329 e. The number of sulfone groups is 2. The van der Waals surface area contributed by atoms with E-state index >= 15 is 0 Å². The number of rotatable bonds is 13. The molecule has 11 rings (SSSR count). The van der Waals surface area contributed by atoms with E-state index in [9.17, 15) is 31.5 Å². The number of nitrogens with one attached hydrogen (secondary N) is 1. The number of benzene rings is 2. The molecule has 3 fully saturated rings. The van der Waals surface area contributed by atoms with Gasteiger partial charge >= 0.3 is 11.4 Å². The number of aromatic amines is 1. The monoisotopic (exact) mass is 1110 g/mol. The number of halogens is 4. The number of aromatic nitrogens is 10. The minimum absolute atomic E-state index is 0. The van der Waals surface area contributed by atoms with Crippen LogP contribution < -0.4 is 11.4 Å². The average Bonchev–Trinajstić information content (AvgIpc) is 4.08. The van der Waals surface area contributed by atoms with E-state index in [1.165, 1.54) is 25.4 Å². The molecule has 0 amide bonds. The van der Waals surface area contributed by atoms with Crippen molar-refractivity contribution in [3.05, 3.63) is 114 Å².